The minimum atomic E-state index is -0.453. The van der Waals surface area contributed by atoms with Crippen LogP contribution in [0.5, 0.6) is 0 Å². The average molecular weight is 255 g/mol. The molecule has 3 aromatic rings. The summed E-state index contributed by atoms with van der Waals surface area (Å²) in [5, 5.41) is 12.9. The minimum absolute atomic E-state index is 0.453. The van der Waals surface area contributed by atoms with Gasteiger partial charge in [0.2, 0.25) is 0 Å². The van der Waals surface area contributed by atoms with Gasteiger partial charge in [0, 0.05) is 11.8 Å². The van der Waals surface area contributed by atoms with Gasteiger partial charge in [-0.15, -0.1) is 11.3 Å². The normalized spacial score (nSPS) is 12.8. The maximum Gasteiger partial charge on any atom is 0.124 e. The number of fused-ring (bicyclic) bond motifs is 1. The zero-order chi connectivity index (χ0) is 12.5. The van der Waals surface area contributed by atoms with Crippen LogP contribution in [0.3, 0.4) is 0 Å². The molecule has 3 heteroatoms. The van der Waals surface area contributed by atoms with Crippen LogP contribution in [0.25, 0.3) is 21.3 Å². The van der Waals surface area contributed by atoms with Crippen LogP contribution in [0.4, 0.5) is 0 Å². The highest BCUT2D eigenvalue weighted by molar-refractivity contribution is 7.15. The van der Waals surface area contributed by atoms with Crippen LogP contribution in [0.2, 0.25) is 0 Å². The predicted molar refractivity (Wildman–Crippen MR) is 75.7 cm³/mol. The van der Waals surface area contributed by atoms with Gasteiger partial charge in [0.15, 0.2) is 0 Å². The highest BCUT2D eigenvalue weighted by atomic mass is 32.1. The molecule has 1 unspecified atom stereocenters. The van der Waals surface area contributed by atoms with E-state index in [1.807, 2.05) is 18.2 Å². The van der Waals surface area contributed by atoms with Crippen LogP contribution >= 0.6 is 11.3 Å². The number of rotatable bonds is 2. The lowest BCUT2D eigenvalue weighted by Crippen LogP contribution is -1.83. The second-order valence-electron chi connectivity index (χ2n) is 4.27. The van der Waals surface area contributed by atoms with E-state index in [-0.39, 0.29) is 0 Å². The van der Waals surface area contributed by atoms with Gasteiger partial charge in [-0.25, -0.2) is 4.98 Å². The average Bonchev–Trinajstić information content (AvgIpc) is 2.87. The van der Waals surface area contributed by atoms with E-state index < -0.39 is 6.10 Å². The molecule has 18 heavy (non-hydrogen) atoms. The molecule has 0 bridgehead atoms. The molecule has 1 aromatic heterocycles. The summed E-state index contributed by atoms with van der Waals surface area (Å²) in [6, 6.07) is 14.5. The van der Waals surface area contributed by atoms with Crippen molar-refractivity contribution in [1.82, 2.24) is 4.98 Å². The third kappa shape index (κ3) is 1.92. The van der Waals surface area contributed by atoms with E-state index in [0.717, 1.165) is 15.4 Å². The lowest BCUT2D eigenvalue weighted by molar-refractivity contribution is 0.203. The van der Waals surface area contributed by atoms with Gasteiger partial charge in [0.1, 0.15) is 5.01 Å². The molecule has 90 valence electrons. The van der Waals surface area contributed by atoms with E-state index in [2.05, 4.69) is 29.2 Å². The van der Waals surface area contributed by atoms with Crippen LogP contribution in [-0.4, -0.2) is 10.1 Å². The van der Waals surface area contributed by atoms with Gasteiger partial charge in [0.05, 0.1) is 11.0 Å². The van der Waals surface area contributed by atoms with Crippen LogP contribution in [0, 0.1) is 0 Å². The third-order valence-electron chi connectivity index (χ3n) is 2.96. The van der Waals surface area contributed by atoms with Gasteiger partial charge in [-0.3, -0.25) is 0 Å². The molecule has 1 heterocycles. The molecule has 2 aromatic carbocycles. The summed E-state index contributed by atoms with van der Waals surface area (Å²) in [7, 11) is 0. The summed E-state index contributed by atoms with van der Waals surface area (Å²) in [6.07, 6.45) is 1.30. The lowest BCUT2D eigenvalue weighted by atomic mass is 10.1. The third-order valence-corrected chi connectivity index (χ3v) is 4.16. The Morgan fingerprint density at radius 1 is 1.11 bits per heavy atom. The van der Waals surface area contributed by atoms with Crippen molar-refractivity contribution in [1.29, 1.82) is 0 Å². The monoisotopic (exact) mass is 255 g/mol. The molecule has 0 amide bonds. The van der Waals surface area contributed by atoms with E-state index in [0.29, 0.717) is 0 Å². The zero-order valence-corrected chi connectivity index (χ0v) is 10.8. The molecule has 0 saturated carbocycles. The molecule has 0 radical (unpaired) electrons. The molecular formula is C15H13NOS. The second-order valence-corrected chi connectivity index (χ2v) is 5.33. The first-order valence-corrected chi connectivity index (χ1v) is 6.69. The number of nitrogens with zero attached hydrogens (tertiary/aromatic N) is 1. The van der Waals surface area contributed by atoms with Gasteiger partial charge in [-0.05, 0) is 17.7 Å². The number of aromatic nitrogens is 1. The number of benzene rings is 2. The second kappa shape index (κ2) is 4.52. The maximum atomic E-state index is 9.57. The molecule has 0 spiro atoms. The largest absolute Gasteiger partial charge is 0.388 e. The van der Waals surface area contributed by atoms with E-state index in [9.17, 15) is 5.11 Å². The highest BCUT2D eigenvalue weighted by Gasteiger charge is 2.10. The fourth-order valence-electron chi connectivity index (χ4n) is 2.02. The molecule has 0 aliphatic heterocycles. The zero-order valence-electron chi connectivity index (χ0n) is 10.00. The van der Waals surface area contributed by atoms with Gasteiger partial charge in [0.25, 0.3) is 0 Å². The number of aliphatic hydroxyl groups excluding tert-OH is 1. The van der Waals surface area contributed by atoms with Crippen molar-refractivity contribution < 1.29 is 5.11 Å². The Balaban J connectivity index is 2.18. The van der Waals surface area contributed by atoms with E-state index in [4.69, 9.17) is 0 Å². The van der Waals surface area contributed by atoms with Crippen LogP contribution in [0.15, 0.2) is 48.7 Å². The fraction of sp³-hybridized carbons (Fsp3) is 0.133. The lowest BCUT2D eigenvalue weighted by Gasteiger charge is -2.03. The Bertz CT molecular complexity index is 682. The Morgan fingerprint density at radius 2 is 1.89 bits per heavy atom. The number of hydrogen-bond donors (Lipinski definition) is 1. The smallest absolute Gasteiger partial charge is 0.124 e. The van der Waals surface area contributed by atoms with Gasteiger partial charge >= 0.3 is 0 Å². The first-order chi connectivity index (χ1) is 8.75. The molecular weight excluding hydrogens is 242 g/mol. The van der Waals surface area contributed by atoms with Crippen molar-refractivity contribution in [3.8, 4) is 10.6 Å². The van der Waals surface area contributed by atoms with Crippen molar-refractivity contribution in [2.75, 3.05) is 0 Å². The Kier molecular flexibility index (Phi) is 2.86. The molecule has 1 atom stereocenters. The Hall–Kier alpha value is -1.71. The van der Waals surface area contributed by atoms with E-state index in [1.54, 1.807) is 24.5 Å². The first-order valence-electron chi connectivity index (χ1n) is 5.87. The fourth-order valence-corrected chi connectivity index (χ4v) is 2.91. The van der Waals surface area contributed by atoms with Gasteiger partial charge in [-0.2, -0.15) is 0 Å². The van der Waals surface area contributed by atoms with Gasteiger partial charge < -0.3 is 5.11 Å². The summed E-state index contributed by atoms with van der Waals surface area (Å²) in [4.78, 5) is 5.32. The summed E-state index contributed by atoms with van der Waals surface area (Å²) >= 11 is 1.55. The summed E-state index contributed by atoms with van der Waals surface area (Å²) < 4.78 is 0. The maximum absolute atomic E-state index is 9.57. The predicted octanol–water partition coefficient (Wildman–Crippen LogP) is 4.02. The molecule has 0 aliphatic carbocycles. The van der Waals surface area contributed by atoms with Crippen LogP contribution < -0.4 is 0 Å². The summed E-state index contributed by atoms with van der Waals surface area (Å²) in [5.74, 6) is 0. The molecule has 0 saturated heterocycles. The standard InChI is InChI=1S/C15H13NOS/c1-10(17)14-9-16-15(18-14)13-8-4-6-11-5-2-3-7-12(11)13/h2-10,17H,1H3. The van der Waals surface area contributed by atoms with Crippen molar-refractivity contribution in [3.05, 3.63) is 53.5 Å². The van der Waals surface area contributed by atoms with E-state index in [1.165, 1.54) is 10.8 Å². The highest BCUT2D eigenvalue weighted by Crippen LogP contribution is 2.33. The topological polar surface area (TPSA) is 33.1 Å². The quantitative estimate of drug-likeness (QED) is 0.750. The minimum Gasteiger partial charge on any atom is -0.388 e. The Morgan fingerprint density at radius 3 is 2.67 bits per heavy atom. The first kappa shape index (κ1) is 11.4. The SMILES string of the molecule is CC(O)c1cnc(-c2cccc3ccccc23)s1. The Labute approximate surface area is 110 Å². The number of hydrogen-bond acceptors (Lipinski definition) is 3. The number of aliphatic hydroxyl groups is 1. The molecule has 0 fully saturated rings. The number of thiazole rings is 1. The van der Waals surface area contributed by atoms with Crippen molar-refractivity contribution in [2.24, 2.45) is 0 Å². The molecule has 0 aliphatic rings. The van der Waals surface area contributed by atoms with Crippen molar-refractivity contribution >= 4 is 22.1 Å². The molecule has 1 N–H and O–H groups in total. The van der Waals surface area contributed by atoms with Gasteiger partial charge in [-0.1, -0.05) is 42.5 Å². The van der Waals surface area contributed by atoms with Crippen molar-refractivity contribution in [2.45, 2.75) is 13.0 Å². The summed E-state index contributed by atoms with van der Waals surface area (Å²) in [5.41, 5.74) is 1.13. The van der Waals surface area contributed by atoms with Crippen LogP contribution in [-0.2, 0) is 0 Å². The molecule has 3 rings (SSSR count). The van der Waals surface area contributed by atoms with Crippen molar-refractivity contribution in [3.63, 3.8) is 0 Å². The molecule has 2 nitrogen and oxygen atoms in total. The summed E-state index contributed by atoms with van der Waals surface area (Å²) in [6.45, 7) is 1.76. The van der Waals surface area contributed by atoms with E-state index >= 15 is 0 Å². The van der Waals surface area contributed by atoms with Crippen LogP contribution in [0.1, 0.15) is 17.9 Å².